The molecule has 20 heavy (non-hydrogen) atoms. The molecule has 1 nitrogen and oxygen atoms in total. The monoisotopic (exact) mass is 333 g/mol. The van der Waals surface area contributed by atoms with E-state index in [1.165, 1.54) is 10.0 Å². The summed E-state index contributed by atoms with van der Waals surface area (Å²) in [6, 6.07) is 21.5. The first kappa shape index (κ1) is 15.3. The third-order valence-corrected chi connectivity index (χ3v) is 6.56. The Kier molecular flexibility index (Phi) is 6.32. The summed E-state index contributed by atoms with van der Waals surface area (Å²) in [6.07, 6.45) is 0. The summed E-state index contributed by atoms with van der Waals surface area (Å²) in [6.45, 7) is 6.73. The van der Waals surface area contributed by atoms with Crippen LogP contribution in [0, 0.1) is 5.92 Å². The van der Waals surface area contributed by atoms with Gasteiger partial charge < -0.3 is 0 Å². The van der Waals surface area contributed by atoms with Crippen LogP contribution >= 0.6 is 0 Å². The summed E-state index contributed by atoms with van der Waals surface area (Å²) < 4.78 is 1.50. The molecule has 0 aliphatic rings. The van der Waals surface area contributed by atoms with Crippen LogP contribution in [0.15, 0.2) is 60.7 Å². The first-order valence-electron chi connectivity index (χ1n) is 7.22. The zero-order valence-electron chi connectivity index (χ0n) is 12.3. The summed E-state index contributed by atoms with van der Waals surface area (Å²) in [5.41, 5.74) is 1.36. The molecule has 0 saturated heterocycles. The Morgan fingerprint density at radius 1 is 0.900 bits per heavy atom. The zero-order valence-corrected chi connectivity index (χ0v) is 14.0. The van der Waals surface area contributed by atoms with Crippen molar-refractivity contribution in [3.63, 3.8) is 0 Å². The van der Waals surface area contributed by atoms with Crippen LogP contribution in [-0.4, -0.2) is 21.5 Å². The average Bonchev–Trinajstić information content (AvgIpc) is 2.48. The van der Waals surface area contributed by atoms with E-state index in [-0.39, 0.29) is 0 Å². The summed E-state index contributed by atoms with van der Waals surface area (Å²) >= 11 is 0.541. The van der Waals surface area contributed by atoms with Crippen LogP contribution in [0.5, 0.6) is 0 Å². The normalized spacial score (nSPS) is 12.6. The predicted molar refractivity (Wildman–Crippen MR) is 88.6 cm³/mol. The van der Waals surface area contributed by atoms with E-state index in [1.807, 2.05) is 0 Å². The molecule has 0 radical (unpaired) electrons. The first-order chi connectivity index (χ1) is 9.75. The van der Waals surface area contributed by atoms with E-state index in [2.05, 4.69) is 79.8 Å². The molecule has 1 atom stereocenters. The van der Waals surface area contributed by atoms with Crippen molar-refractivity contribution in [3.05, 3.63) is 66.2 Å². The maximum atomic E-state index is 3.62. The Bertz CT molecular complexity index is 481. The molecule has 2 heteroatoms. The van der Waals surface area contributed by atoms with Crippen LogP contribution in [-0.2, 0) is 6.54 Å². The molecular formula is C18H23NSe. The molecular weight excluding hydrogens is 309 g/mol. The van der Waals surface area contributed by atoms with Crippen LogP contribution in [0.3, 0.4) is 0 Å². The Morgan fingerprint density at radius 3 is 2.10 bits per heavy atom. The zero-order chi connectivity index (χ0) is 14.2. The predicted octanol–water partition coefficient (Wildman–Crippen LogP) is 3.25. The minimum atomic E-state index is 0.541. The van der Waals surface area contributed by atoms with Gasteiger partial charge in [-0.3, -0.25) is 0 Å². The molecule has 0 aliphatic heterocycles. The van der Waals surface area contributed by atoms with E-state index in [0.717, 1.165) is 23.8 Å². The van der Waals surface area contributed by atoms with Crippen molar-refractivity contribution in [3.8, 4) is 0 Å². The fourth-order valence-corrected chi connectivity index (χ4v) is 4.43. The molecule has 1 N–H and O–H groups in total. The molecule has 0 heterocycles. The van der Waals surface area contributed by atoms with E-state index >= 15 is 0 Å². The van der Waals surface area contributed by atoms with Gasteiger partial charge in [0.2, 0.25) is 0 Å². The Balaban J connectivity index is 1.84. The van der Waals surface area contributed by atoms with Crippen molar-refractivity contribution in [1.82, 2.24) is 5.32 Å². The van der Waals surface area contributed by atoms with Gasteiger partial charge in [-0.25, -0.2) is 0 Å². The van der Waals surface area contributed by atoms with Gasteiger partial charge in [-0.05, 0) is 0 Å². The number of hydrogen-bond acceptors (Lipinski definition) is 1. The van der Waals surface area contributed by atoms with Gasteiger partial charge in [-0.15, -0.1) is 0 Å². The van der Waals surface area contributed by atoms with Crippen molar-refractivity contribution in [2.45, 2.75) is 25.2 Å². The second kappa shape index (κ2) is 8.26. The third kappa shape index (κ3) is 5.13. The second-order valence-corrected chi connectivity index (χ2v) is 8.08. The third-order valence-electron chi connectivity index (χ3n) is 3.29. The molecule has 0 aliphatic carbocycles. The molecule has 0 bridgehead atoms. The van der Waals surface area contributed by atoms with Gasteiger partial charge in [-0.1, -0.05) is 0 Å². The molecule has 0 amide bonds. The van der Waals surface area contributed by atoms with Crippen molar-refractivity contribution >= 4 is 19.4 Å². The van der Waals surface area contributed by atoms with Crippen molar-refractivity contribution in [2.75, 3.05) is 6.54 Å². The van der Waals surface area contributed by atoms with Crippen molar-refractivity contribution in [1.29, 1.82) is 0 Å². The van der Waals surface area contributed by atoms with Crippen LogP contribution in [0.4, 0.5) is 0 Å². The molecule has 0 aromatic heterocycles. The number of benzene rings is 2. The maximum absolute atomic E-state index is 3.62. The molecule has 0 saturated carbocycles. The first-order valence-corrected chi connectivity index (χ1v) is 9.06. The van der Waals surface area contributed by atoms with Crippen molar-refractivity contribution in [2.24, 2.45) is 5.92 Å². The van der Waals surface area contributed by atoms with Crippen LogP contribution in [0.1, 0.15) is 19.4 Å². The molecule has 1 unspecified atom stereocenters. The van der Waals surface area contributed by atoms with Gasteiger partial charge >= 0.3 is 129 Å². The van der Waals surface area contributed by atoms with E-state index in [1.54, 1.807) is 0 Å². The average molecular weight is 332 g/mol. The fourth-order valence-electron chi connectivity index (χ4n) is 2.04. The van der Waals surface area contributed by atoms with Crippen molar-refractivity contribution < 1.29 is 0 Å². The van der Waals surface area contributed by atoms with Gasteiger partial charge in [0.05, 0.1) is 0 Å². The summed E-state index contributed by atoms with van der Waals surface area (Å²) in [4.78, 5) is 0.744. The van der Waals surface area contributed by atoms with E-state index in [9.17, 15) is 0 Å². The molecule has 2 aromatic carbocycles. The van der Waals surface area contributed by atoms with Gasteiger partial charge in [0.1, 0.15) is 0 Å². The number of hydrogen-bond donors (Lipinski definition) is 1. The number of nitrogens with one attached hydrogen (secondary N) is 1. The molecule has 0 fully saturated rings. The summed E-state index contributed by atoms with van der Waals surface area (Å²) in [5.74, 6) is 0.721. The van der Waals surface area contributed by atoms with E-state index in [0.29, 0.717) is 15.0 Å². The van der Waals surface area contributed by atoms with Crippen LogP contribution in [0.2, 0.25) is 4.82 Å². The Hall–Kier alpha value is -1.08. The Labute approximate surface area is 129 Å². The van der Waals surface area contributed by atoms with Crippen LogP contribution < -0.4 is 9.78 Å². The van der Waals surface area contributed by atoms with Crippen LogP contribution in [0.25, 0.3) is 0 Å². The standard InChI is InChI=1S/C18H23NSe/c1-15(2)18(20-17-11-7-4-8-12-17)14-19-13-16-9-5-3-6-10-16/h3-12,15,18-19H,13-14H2,1-2H3. The molecule has 2 rings (SSSR count). The second-order valence-electron chi connectivity index (χ2n) is 5.33. The summed E-state index contributed by atoms with van der Waals surface area (Å²) in [5, 5.41) is 3.62. The fraction of sp³-hybridized carbons (Fsp3) is 0.333. The quantitative estimate of drug-likeness (QED) is 0.768. The van der Waals surface area contributed by atoms with Gasteiger partial charge in [-0.2, -0.15) is 0 Å². The van der Waals surface area contributed by atoms with E-state index in [4.69, 9.17) is 0 Å². The molecule has 106 valence electrons. The Morgan fingerprint density at radius 2 is 1.50 bits per heavy atom. The summed E-state index contributed by atoms with van der Waals surface area (Å²) in [7, 11) is 0. The van der Waals surface area contributed by atoms with Gasteiger partial charge in [0.25, 0.3) is 0 Å². The molecule has 0 spiro atoms. The number of rotatable bonds is 7. The topological polar surface area (TPSA) is 12.0 Å². The van der Waals surface area contributed by atoms with Gasteiger partial charge in [0.15, 0.2) is 0 Å². The minimum absolute atomic E-state index is 0.541. The molecule has 2 aromatic rings. The van der Waals surface area contributed by atoms with Gasteiger partial charge in [0, 0.05) is 0 Å². The SMILES string of the molecule is CC(C)C(CNCc1ccccc1)[Se]c1ccccc1. The van der Waals surface area contributed by atoms with E-state index < -0.39 is 0 Å².